The molecule has 1 atom stereocenters. The van der Waals surface area contributed by atoms with Crippen molar-refractivity contribution in [3.8, 4) is 0 Å². The Labute approximate surface area is 156 Å². The number of aliphatic hydroxyl groups excluding tert-OH is 1. The molecule has 0 bridgehead atoms. The molecule has 7 heteroatoms. The quantitative estimate of drug-likeness (QED) is 0.830. The van der Waals surface area contributed by atoms with Gasteiger partial charge in [-0.05, 0) is 63.1 Å². The molecular weight excluding hydrogens is 367 g/mol. The fourth-order valence-corrected chi connectivity index (χ4v) is 4.37. The number of nitrogens with zero attached hydrogens (tertiary/aromatic N) is 1. The second-order valence-electron chi connectivity index (χ2n) is 7.71. The number of hydrogen-bond acceptors (Lipinski definition) is 2. The average molecular weight is 390 g/mol. The first-order valence-corrected chi connectivity index (χ1v) is 9.33. The van der Waals surface area contributed by atoms with Crippen LogP contribution in [0, 0.1) is 5.92 Å². The molecule has 2 fully saturated rings. The van der Waals surface area contributed by atoms with Crippen LogP contribution in [0.1, 0.15) is 50.2 Å². The van der Waals surface area contributed by atoms with Gasteiger partial charge in [-0.3, -0.25) is 4.79 Å². The van der Waals surface area contributed by atoms with Crippen LogP contribution in [0.4, 0.5) is 13.2 Å². The zero-order chi connectivity index (χ0) is 19.1. The summed E-state index contributed by atoms with van der Waals surface area (Å²) in [5, 5.41) is 9.76. The van der Waals surface area contributed by atoms with Gasteiger partial charge in [-0.15, -0.1) is 0 Å². The number of aliphatic hydroxyl groups is 1. The molecule has 26 heavy (non-hydrogen) atoms. The van der Waals surface area contributed by atoms with Crippen molar-refractivity contribution in [2.24, 2.45) is 5.92 Å². The maximum Gasteiger partial charge on any atom is 0.416 e. The Hall–Kier alpha value is -1.27. The monoisotopic (exact) mass is 389 g/mol. The second-order valence-corrected chi connectivity index (χ2v) is 8.12. The number of carbonyl (C=O) groups excluding carboxylic acids is 1. The van der Waals surface area contributed by atoms with E-state index in [-0.39, 0.29) is 28.5 Å². The molecule has 2 aliphatic rings. The molecule has 0 spiro atoms. The smallest absolute Gasteiger partial charge is 0.393 e. The van der Waals surface area contributed by atoms with Gasteiger partial charge in [0.1, 0.15) is 0 Å². The van der Waals surface area contributed by atoms with Crippen molar-refractivity contribution >= 4 is 17.5 Å². The van der Waals surface area contributed by atoms with E-state index < -0.39 is 11.7 Å². The standard InChI is InChI=1S/C19H23ClF3NO2/c1-18(7-4-15(25)5-8-18)24-9-6-13(17(24)26)10-12-2-3-14(11-16(12)20)19(21,22)23/h2-3,11,13,15,25H,4-10H2,1H3. The predicted molar refractivity (Wildman–Crippen MR) is 92.9 cm³/mol. The maximum absolute atomic E-state index is 12.9. The SMILES string of the molecule is CC1(N2CCC(Cc3ccc(C(F)(F)F)cc3Cl)C2=O)CCC(O)CC1. The summed E-state index contributed by atoms with van der Waals surface area (Å²) in [6.07, 6.45) is -0.767. The van der Waals surface area contributed by atoms with Crippen LogP contribution in [-0.2, 0) is 17.4 Å². The average Bonchev–Trinajstić information content (AvgIpc) is 2.93. The number of rotatable bonds is 3. The minimum absolute atomic E-state index is 0.0415. The number of likely N-dealkylation sites (tertiary alicyclic amines) is 1. The van der Waals surface area contributed by atoms with E-state index in [0.717, 1.165) is 25.0 Å². The van der Waals surface area contributed by atoms with E-state index >= 15 is 0 Å². The van der Waals surface area contributed by atoms with Gasteiger partial charge in [0, 0.05) is 23.0 Å². The van der Waals surface area contributed by atoms with Gasteiger partial charge in [0.05, 0.1) is 11.7 Å². The highest BCUT2D eigenvalue weighted by atomic mass is 35.5. The number of alkyl halides is 3. The van der Waals surface area contributed by atoms with Crippen LogP contribution in [0.15, 0.2) is 18.2 Å². The molecule has 1 saturated heterocycles. The number of amides is 1. The Morgan fingerprint density at radius 3 is 2.50 bits per heavy atom. The van der Waals surface area contributed by atoms with Crippen LogP contribution < -0.4 is 0 Å². The van der Waals surface area contributed by atoms with E-state index in [1.54, 1.807) is 0 Å². The molecule has 1 saturated carbocycles. The third kappa shape index (κ3) is 3.86. The maximum atomic E-state index is 12.9. The van der Waals surface area contributed by atoms with Gasteiger partial charge in [0.25, 0.3) is 0 Å². The minimum atomic E-state index is -4.43. The lowest BCUT2D eigenvalue weighted by Crippen LogP contribution is -2.50. The Morgan fingerprint density at radius 1 is 1.27 bits per heavy atom. The third-order valence-electron chi connectivity index (χ3n) is 5.85. The summed E-state index contributed by atoms with van der Waals surface area (Å²) in [5.74, 6) is -0.215. The van der Waals surface area contributed by atoms with Crippen molar-refractivity contribution in [3.63, 3.8) is 0 Å². The highest BCUT2D eigenvalue weighted by Crippen LogP contribution is 2.39. The van der Waals surface area contributed by atoms with Gasteiger partial charge in [0.15, 0.2) is 0 Å². The predicted octanol–water partition coefficient (Wildman–Crippen LogP) is 4.44. The molecule has 1 aromatic rings. The normalized spacial score (nSPS) is 30.1. The van der Waals surface area contributed by atoms with Crippen LogP contribution in [0.3, 0.4) is 0 Å². The number of hydrogen-bond donors (Lipinski definition) is 1. The molecule has 1 amide bonds. The molecule has 1 aromatic carbocycles. The van der Waals surface area contributed by atoms with Crippen molar-refractivity contribution in [2.45, 2.75) is 63.3 Å². The first-order valence-electron chi connectivity index (χ1n) is 8.95. The van der Waals surface area contributed by atoms with Gasteiger partial charge in [0.2, 0.25) is 5.91 Å². The van der Waals surface area contributed by atoms with Crippen molar-refractivity contribution < 1.29 is 23.1 Å². The molecule has 1 heterocycles. The van der Waals surface area contributed by atoms with Gasteiger partial charge in [-0.2, -0.15) is 13.2 Å². The highest BCUT2D eigenvalue weighted by molar-refractivity contribution is 6.31. The molecular formula is C19H23ClF3NO2. The lowest BCUT2D eigenvalue weighted by atomic mass is 9.80. The van der Waals surface area contributed by atoms with Gasteiger partial charge in [-0.1, -0.05) is 17.7 Å². The van der Waals surface area contributed by atoms with Crippen LogP contribution in [0.25, 0.3) is 0 Å². The summed E-state index contributed by atoms with van der Waals surface area (Å²) in [5.41, 5.74) is -0.447. The summed E-state index contributed by atoms with van der Waals surface area (Å²) in [4.78, 5) is 14.8. The van der Waals surface area contributed by atoms with E-state index in [0.29, 0.717) is 37.8 Å². The number of halogens is 4. The van der Waals surface area contributed by atoms with Gasteiger partial charge >= 0.3 is 6.18 Å². The molecule has 1 unspecified atom stereocenters. The van der Waals surface area contributed by atoms with Gasteiger partial charge < -0.3 is 10.0 Å². The summed E-state index contributed by atoms with van der Waals surface area (Å²) in [6, 6.07) is 3.32. The summed E-state index contributed by atoms with van der Waals surface area (Å²) >= 11 is 6.04. The number of benzene rings is 1. The summed E-state index contributed by atoms with van der Waals surface area (Å²) < 4.78 is 38.3. The minimum Gasteiger partial charge on any atom is -0.393 e. The fourth-order valence-electron chi connectivity index (χ4n) is 4.11. The molecule has 0 radical (unpaired) electrons. The lowest BCUT2D eigenvalue weighted by molar-refractivity contribution is -0.138. The Bertz CT molecular complexity index is 684. The molecule has 1 aliphatic carbocycles. The molecule has 0 aromatic heterocycles. The number of carbonyl (C=O) groups is 1. The highest BCUT2D eigenvalue weighted by Gasteiger charge is 2.44. The Balaban J connectivity index is 1.70. The van der Waals surface area contributed by atoms with Crippen LogP contribution >= 0.6 is 11.6 Å². The fraction of sp³-hybridized carbons (Fsp3) is 0.632. The van der Waals surface area contributed by atoms with Crippen LogP contribution in [0.5, 0.6) is 0 Å². The topological polar surface area (TPSA) is 40.5 Å². The first kappa shape index (κ1) is 19.5. The first-order chi connectivity index (χ1) is 12.1. The zero-order valence-electron chi connectivity index (χ0n) is 14.7. The molecule has 1 aliphatic heterocycles. The summed E-state index contributed by atoms with van der Waals surface area (Å²) in [7, 11) is 0. The van der Waals surface area contributed by atoms with Crippen molar-refractivity contribution in [1.82, 2.24) is 4.90 Å². The Morgan fingerprint density at radius 2 is 1.92 bits per heavy atom. The van der Waals surface area contributed by atoms with E-state index in [9.17, 15) is 23.1 Å². The van der Waals surface area contributed by atoms with E-state index in [1.165, 1.54) is 6.07 Å². The molecule has 144 valence electrons. The van der Waals surface area contributed by atoms with E-state index in [2.05, 4.69) is 6.92 Å². The van der Waals surface area contributed by atoms with Crippen molar-refractivity contribution in [1.29, 1.82) is 0 Å². The zero-order valence-corrected chi connectivity index (χ0v) is 15.4. The van der Waals surface area contributed by atoms with Crippen LogP contribution in [-0.4, -0.2) is 34.1 Å². The van der Waals surface area contributed by atoms with Crippen molar-refractivity contribution in [3.05, 3.63) is 34.3 Å². The van der Waals surface area contributed by atoms with Crippen LogP contribution in [0.2, 0.25) is 5.02 Å². The molecule has 3 nitrogen and oxygen atoms in total. The lowest BCUT2D eigenvalue weighted by Gasteiger charge is -2.43. The largest absolute Gasteiger partial charge is 0.416 e. The third-order valence-corrected chi connectivity index (χ3v) is 6.20. The summed E-state index contributed by atoms with van der Waals surface area (Å²) in [6.45, 7) is 2.71. The second kappa shape index (κ2) is 7.04. The van der Waals surface area contributed by atoms with E-state index in [1.807, 2.05) is 4.90 Å². The molecule has 3 rings (SSSR count). The van der Waals surface area contributed by atoms with Gasteiger partial charge in [-0.25, -0.2) is 0 Å². The van der Waals surface area contributed by atoms with Crippen molar-refractivity contribution in [2.75, 3.05) is 6.54 Å². The molecule has 1 N–H and O–H groups in total. The Kier molecular flexibility index (Phi) is 5.28. The van der Waals surface area contributed by atoms with E-state index in [4.69, 9.17) is 11.6 Å².